The van der Waals surface area contributed by atoms with E-state index in [1.807, 2.05) is 31.2 Å². The number of amides is 1. The van der Waals surface area contributed by atoms with E-state index in [9.17, 15) is 4.79 Å². The van der Waals surface area contributed by atoms with Crippen LogP contribution in [-0.4, -0.2) is 23.2 Å². The number of methoxy groups -OCH3 is 1. The average molecular weight is 289 g/mol. The molecule has 0 saturated carbocycles. The van der Waals surface area contributed by atoms with Crippen LogP contribution in [0.25, 0.3) is 11.5 Å². The lowest BCUT2D eigenvalue weighted by Crippen LogP contribution is -2.22. The first kappa shape index (κ1) is 15.0. The zero-order chi connectivity index (χ0) is 15.1. The predicted molar refractivity (Wildman–Crippen MR) is 77.7 cm³/mol. The minimum absolute atomic E-state index is 0.000970. The highest BCUT2D eigenvalue weighted by molar-refractivity contribution is 5.75. The fourth-order valence-corrected chi connectivity index (χ4v) is 1.78. The summed E-state index contributed by atoms with van der Waals surface area (Å²) in [5, 5.41) is 10.7. The topological polar surface area (TPSA) is 77.2 Å². The molecule has 1 heterocycles. The Morgan fingerprint density at radius 3 is 2.71 bits per heavy atom. The number of rotatable bonds is 7. The third-order valence-corrected chi connectivity index (χ3v) is 3.00. The maximum absolute atomic E-state index is 11.5. The molecule has 1 aromatic heterocycles. The summed E-state index contributed by atoms with van der Waals surface area (Å²) >= 11 is 0. The van der Waals surface area contributed by atoms with E-state index in [2.05, 4.69) is 15.5 Å². The summed E-state index contributed by atoms with van der Waals surface area (Å²) in [4.78, 5) is 11.5. The fourth-order valence-electron chi connectivity index (χ4n) is 1.78. The van der Waals surface area contributed by atoms with Gasteiger partial charge in [-0.15, -0.1) is 10.2 Å². The van der Waals surface area contributed by atoms with Gasteiger partial charge in [-0.1, -0.05) is 13.3 Å². The van der Waals surface area contributed by atoms with Crippen molar-refractivity contribution < 1.29 is 13.9 Å². The summed E-state index contributed by atoms with van der Waals surface area (Å²) in [7, 11) is 1.61. The van der Waals surface area contributed by atoms with Crippen LogP contribution >= 0.6 is 0 Å². The molecule has 6 heteroatoms. The molecule has 2 rings (SSSR count). The zero-order valence-corrected chi connectivity index (χ0v) is 12.3. The van der Waals surface area contributed by atoms with Crippen LogP contribution in [0.1, 0.15) is 32.1 Å². The number of nitrogens with zero attached hydrogens (tertiary/aromatic N) is 2. The van der Waals surface area contributed by atoms with Gasteiger partial charge in [0.05, 0.1) is 13.7 Å². The minimum atomic E-state index is 0.000970. The van der Waals surface area contributed by atoms with Gasteiger partial charge in [0.1, 0.15) is 5.75 Å². The summed E-state index contributed by atoms with van der Waals surface area (Å²) < 4.78 is 10.6. The summed E-state index contributed by atoms with van der Waals surface area (Å²) in [6.45, 7) is 2.30. The number of carbonyl (C=O) groups is 1. The number of aromatic nitrogens is 2. The molecule has 0 aliphatic carbocycles. The molecule has 0 fully saturated rings. The van der Waals surface area contributed by atoms with Crippen LogP contribution in [0.2, 0.25) is 0 Å². The number of hydrogen-bond donors (Lipinski definition) is 1. The van der Waals surface area contributed by atoms with Crippen molar-refractivity contribution in [1.82, 2.24) is 15.5 Å². The van der Waals surface area contributed by atoms with Crippen LogP contribution in [0.5, 0.6) is 5.75 Å². The number of ether oxygens (including phenoxy) is 1. The predicted octanol–water partition coefficient (Wildman–Crippen LogP) is 2.55. The zero-order valence-electron chi connectivity index (χ0n) is 12.3. The van der Waals surface area contributed by atoms with Crippen molar-refractivity contribution >= 4 is 5.91 Å². The minimum Gasteiger partial charge on any atom is -0.497 e. The van der Waals surface area contributed by atoms with Crippen molar-refractivity contribution in [3.05, 3.63) is 30.2 Å². The van der Waals surface area contributed by atoms with Gasteiger partial charge < -0.3 is 14.5 Å². The molecule has 0 bridgehead atoms. The Labute approximate surface area is 123 Å². The standard InChI is InChI=1S/C15H19N3O3/c1-3-4-5-13(19)16-10-14-17-18-15(21-14)11-6-8-12(20-2)9-7-11/h6-9H,3-5,10H2,1-2H3,(H,16,19). The SMILES string of the molecule is CCCCC(=O)NCc1nnc(-c2ccc(OC)cc2)o1. The van der Waals surface area contributed by atoms with Gasteiger partial charge in [-0.3, -0.25) is 4.79 Å². The normalized spacial score (nSPS) is 10.4. The Morgan fingerprint density at radius 1 is 1.29 bits per heavy atom. The monoisotopic (exact) mass is 289 g/mol. The van der Waals surface area contributed by atoms with Gasteiger partial charge in [-0.05, 0) is 30.7 Å². The van der Waals surface area contributed by atoms with E-state index in [1.165, 1.54) is 0 Å². The van der Waals surface area contributed by atoms with Gasteiger partial charge in [-0.2, -0.15) is 0 Å². The van der Waals surface area contributed by atoms with Crippen molar-refractivity contribution in [1.29, 1.82) is 0 Å². The fraction of sp³-hybridized carbons (Fsp3) is 0.400. The van der Waals surface area contributed by atoms with Gasteiger partial charge in [0, 0.05) is 12.0 Å². The number of carbonyl (C=O) groups excluding carboxylic acids is 1. The van der Waals surface area contributed by atoms with E-state index < -0.39 is 0 Å². The molecule has 0 unspecified atom stereocenters. The second kappa shape index (κ2) is 7.42. The average Bonchev–Trinajstić information content (AvgIpc) is 3.00. The molecule has 1 N–H and O–H groups in total. The van der Waals surface area contributed by atoms with Gasteiger partial charge in [0.2, 0.25) is 17.7 Å². The van der Waals surface area contributed by atoms with Gasteiger partial charge in [0.25, 0.3) is 0 Å². The molecule has 2 aromatic rings. The van der Waals surface area contributed by atoms with Crippen LogP contribution in [0.4, 0.5) is 0 Å². The maximum Gasteiger partial charge on any atom is 0.247 e. The van der Waals surface area contributed by atoms with E-state index in [0.717, 1.165) is 24.2 Å². The lowest BCUT2D eigenvalue weighted by molar-refractivity contribution is -0.121. The molecule has 0 saturated heterocycles. The quantitative estimate of drug-likeness (QED) is 0.847. The Morgan fingerprint density at radius 2 is 2.05 bits per heavy atom. The third kappa shape index (κ3) is 4.30. The van der Waals surface area contributed by atoms with Gasteiger partial charge >= 0.3 is 0 Å². The van der Waals surface area contributed by atoms with Crippen LogP contribution in [-0.2, 0) is 11.3 Å². The third-order valence-electron chi connectivity index (χ3n) is 3.00. The maximum atomic E-state index is 11.5. The molecule has 0 radical (unpaired) electrons. The first-order chi connectivity index (χ1) is 10.2. The number of nitrogens with one attached hydrogen (secondary N) is 1. The molecule has 1 aromatic carbocycles. The Hall–Kier alpha value is -2.37. The van der Waals surface area contributed by atoms with Crippen LogP contribution < -0.4 is 10.1 Å². The molecular weight excluding hydrogens is 270 g/mol. The molecule has 112 valence electrons. The smallest absolute Gasteiger partial charge is 0.247 e. The van der Waals surface area contributed by atoms with Crippen LogP contribution in [0, 0.1) is 0 Å². The molecule has 0 aliphatic heterocycles. The van der Waals surface area contributed by atoms with Crippen molar-refractivity contribution in [2.75, 3.05) is 7.11 Å². The van der Waals surface area contributed by atoms with E-state index in [0.29, 0.717) is 18.2 Å². The summed E-state index contributed by atoms with van der Waals surface area (Å²) in [6, 6.07) is 7.34. The number of unbranched alkanes of at least 4 members (excludes halogenated alkanes) is 1. The Kier molecular flexibility index (Phi) is 5.31. The molecule has 0 atom stereocenters. The summed E-state index contributed by atoms with van der Waals surface area (Å²) in [6.07, 6.45) is 2.40. The first-order valence-electron chi connectivity index (χ1n) is 6.96. The summed E-state index contributed by atoms with van der Waals surface area (Å²) in [5.41, 5.74) is 0.812. The van der Waals surface area contributed by atoms with Crippen molar-refractivity contribution in [2.24, 2.45) is 0 Å². The second-order valence-corrected chi connectivity index (χ2v) is 4.61. The van der Waals surface area contributed by atoms with Crippen LogP contribution in [0.15, 0.2) is 28.7 Å². The van der Waals surface area contributed by atoms with Crippen LogP contribution in [0.3, 0.4) is 0 Å². The Balaban J connectivity index is 1.92. The molecule has 1 amide bonds. The van der Waals surface area contributed by atoms with E-state index in [-0.39, 0.29) is 12.5 Å². The van der Waals surface area contributed by atoms with E-state index in [1.54, 1.807) is 7.11 Å². The van der Waals surface area contributed by atoms with Gasteiger partial charge in [-0.25, -0.2) is 0 Å². The highest BCUT2D eigenvalue weighted by Crippen LogP contribution is 2.20. The Bertz CT molecular complexity index is 578. The van der Waals surface area contributed by atoms with Gasteiger partial charge in [0.15, 0.2) is 0 Å². The van der Waals surface area contributed by atoms with E-state index in [4.69, 9.17) is 9.15 Å². The summed E-state index contributed by atoms with van der Waals surface area (Å²) in [5.74, 6) is 1.59. The van der Waals surface area contributed by atoms with E-state index >= 15 is 0 Å². The lowest BCUT2D eigenvalue weighted by Gasteiger charge is -2.01. The molecule has 0 aliphatic rings. The molecule has 6 nitrogen and oxygen atoms in total. The van der Waals surface area contributed by atoms with Crippen molar-refractivity contribution in [3.8, 4) is 17.2 Å². The molecular formula is C15H19N3O3. The lowest BCUT2D eigenvalue weighted by atomic mass is 10.2. The van der Waals surface area contributed by atoms with Crippen molar-refractivity contribution in [3.63, 3.8) is 0 Å². The number of hydrogen-bond acceptors (Lipinski definition) is 5. The first-order valence-corrected chi connectivity index (χ1v) is 6.96. The highest BCUT2D eigenvalue weighted by atomic mass is 16.5. The molecule has 21 heavy (non-hydrogen) atoms. The second-order valence-electron chi connectivity index (χ2n) is 4.61. The van der Waals surface area contributed by atoms with Crippen molar-refractivity contribution in [2.45, 2.75) is 32.7 Å². The number of benzene rings is 1. The largest absolute Gasteiger partial charge is 0.497 e. The molecule has 0 spiro atoms. The highest BCUT2D eigenvalue weighted by Gasteiger charge is 2.09.